The average molecular weight is 871 g/mol. The van der Waals surface area contributed by atoms with Crippen molar-refractivity contribution in [1.29, 1.82) is 0 Å². The number of anilines is 6. The van der Waals surface area contributed by atoms with Gasteiger partial charge in [-0.2, -0.15) is 0 Å². The highest BCUT2D eigenvalue weighted by Gasteiger charge is 2.44. The summed E-state index contributed by atoms with van der Waals surface area (Å²) >= 11 is 0. The van der Waals surface area contributed by atoms with E-state index in [1.807, 2.05) is 0 Å². The molecule has 1 fully saturated rings. The van der Waals surface area contributed by atoms with Gasteiger partial charge in [0.05, 0.1) is 0 Å². The molecule has 0 saturated heterocycles. The molecule has 66 heavy (non-hydrogen) atoms. The zero-order valence-corrected chi connectivity index (χ0v) is 42.0. The molecule has 1 atom stereocenters. The minimum Gasteiger partial charge on any atom is -0.311 e. The third kappa shape index (κ3) is 9.67. The molecule has 0 amide bonds. The van der Waals surface area contributed by atoms with Crippen LogP contribution in [-0.2, 0) is 27.1 Å². The molecule has 1 aliphatic carbocycles. The van der Waals surface area contributed by atoms with Gasteiger partial charge in [0.15, 0.2) is 0 Å². The van der Waals surface area contributed by atoms with Gasteiger partial charge in [0.25, 0.3) is 0 Å². The Morgan fingerprint density at radius 2 is 0.606 bits per heavy atom. The first-order chi connectivity index (χ1) is 31.2. The molecule has 0 aromatic heterocycles. The molecule has 2 nitrogen and oxygen atoms in total. The molecule has 0 radical (unpaired) electrons. The maximum absolute atomic E-state index is 2.45. The second kappa shape index (κ2) is 18.1. The Bertz CT molecular complexity index is 2380. The summed E-state index contributed by atoms with van der Waals surface area (Å²) in [6.07, 6.45) is 4.64. The first-order valence-corrected chi connectivity index (χ1v) is 24.5. The Kier molecular flexibility index (Phi) is 12.8. The second-order valence-electron chi connectivity index (χ2n) is 23.1. The van der Waals surface area contributed by atoms with Crippen molar-refractivity contribution in [3.05, 3.63) is 215 Å². The summed E-state index contributed by atoms with van der Waals surface area (Å²) < 4.78 is 0. The molecule has 0 spiro atoms. The van der Waals surface area contributed by atoms with Crippen molar-refractivity contribution < 1.29 is 0 Å². The number of hydrogen-bond donors (Lipinski definition) is 0. The SMILES string of the molecule is CC(C)(C)c1ccc(N(c2ccc(C(C)(C)C)cc2)c2ccc(C3(c4ccc(N(c5ccc(C(C)(C)C)cc5)c5ccc(C(C)(C)C)cc5)cc4)CCCCC3c3ccccc3)cc2)cc1. The average Bonchev–Trinajstić information content (AvgIpc) is 3.29. The van der Waals surface area contributed by atoms with E-state index < -0.39 is 0 Å². The van der Waals surface area contributed by atoms with E-state index in [1.165, 1.54) is 51.8 Å². The van der Waals surface area contributed by atoms with Gasteiger partial charge in [-0.05, 0) is 152 Å². The van der Waals surface area contributed by atoms with Gasteiger partial charge < -0.3 is 9.80 Å². The molecule has 0 N–H and O–H groups in total. The zero-order valence-electron chi connectivity index (χ0n) is 42.0. The molecular formula is C64H74N2. The van der Waals surface area contributed by atoms with Gasteiger partial charge in [0, 0.05) is 39.5 Å². The van der Waals surface area contributed by atoms with Gasteiger partial charge in [-0.1, -0.05) is 199 Å². The van der Waals surface area contributed by atoms with Gasteiger partial charge >= 0.3 is 0 Å². The van der Waals surface area contributed by atoms with Crippen LogP contribution in [0.5, 0.6) is 0 Å². The second-order valence-corrected chi connectivity index (χ2v) is 23.1. The van der Waals surface area contributed by atoms with Gasteiger partial charge in [0.2, 0.25) is 0 Å². The Balaban J connectivity index is 1.24. The van der Waals surface area contributed by atoms with Crippen LogP contribution in [0.25, 0.3) is 0 Å². The Hall–Kier alpha value is -5.86. The highest BCUT2D eigenvalue weighted by atomic mass is 15.1. The monoisotopic (exact) mass is 871 g/mol. The van der Waals surface area contributed by atoms with E-state index in [0.717, 1.165) is 47.0 Å². The van der Waals surface area contributed by atoms with E-state index in [2.05, 4.69) is 269 Å². The highest BCUT2D eigenvalue weighted by molar-refractivity contribution is 5.79. The molecule has 0 bridgehead atoms. The Labute approximate surface area is 398 Å². The molecule has 8 rings (SSSR count). The van der Waals surface area contributed by atoms with Crippen molar-refractivity contribution in [2.45, 2.75) is 142 Å². The lowest BCUT2D eigenvalue weighted by molar-refractivity contribution is 0.295. The van der Waals surface area contributed by atoms with Crippen LogP contribution in [0.15, 0.2) is 176 Å². The first kappa shape index (κ1) is 46.7. The van der Waals surface area contributed by atoms with Gasteiger partial charge in [-0.15, -0.1) is 0 Å². The van der Waals surface area contributed by atoms with Crippen LogP contribution in [-0.4, -0.2) is 0 Å². The van der Waals surface area contributed by atoms with Crippen LogP contribution < -0.4 is 9.80 Å². The van der Waals surface area contributed by atoms with Gasteiger partial charge in [-0.3, -0.25) is 0 Å². The summed E-state index contributed by atoms with van der Waals surface area (Å²) in [5.41, 5.74) is 16.6. The summed E-state index contributed by atoms with van der Waals surface area (Å²) in [5, 5.41) is 0. The molecule has 7 aromatic rings. The molecule has 340 valence electrons. The summed E-state index contributed by atoms with van der Waals surface area (Å²) in [6.45, 7) is 27.4. The van der Waals surface area contributed by atoms with Gasteiger partial charge in [-0.25, -0.2) is 0 Å². The number of hydrogen-bond acceptors (Lipinski definition) is 2. The van der Waals surface area contributed by atoms with Crippen LogP contribution in [0.3, 0.4) is 0 Å². The third-order valence-electron chi connectivity index (χ3n) is 14.4. The number of rotatable bonds is 9. The van der Waals surface area contributed by atoms with Crippen molar-refractivity contribution in [3.63, 3.8) is 0 Å². The highest BCUT2D eigenvalue weighted by Crippen LogP contribution is 2.54. The topological polar surface area (TPSA) is 6.48 Å². The molecule has 1 saturated carbocycles. The van der Waals surface area contributed by atoms with E-state index >= 15 is 0 Å². The first-order valence-electron chi connectivity index (χ1n) is 24.5. The van der Waals surface area contributed by atoms with Crippen LogP contribution in [0.4, 0.5) is 34.1 Å². The Morgan fingerprint density at radius 1 is 0.333 bits per heavy atom. The molecule has 0 aliphatic heterocycles. The molecule has 1 unspecified atom stereocenters. The standard InChI is InChI=1S/C64H74N2/c1-60(2,3)47-21-33-53(34-22-47)65(54-35-23-48(24-36-54)61(4,5)6)57-41-29-51(30-42-57)64(45-17-16-20-59(64)46-18-14-13-15-19-46)52-31-43-58(44-32-52)66(55-37-25-49(26-38-55)62(7,8)9)56-39-27-50(28-40-56)63(10,11)12/h13-15,18-19,21-44,59H,16-17,20,45H2,1-12H3. The van der Waals surface area contributed by atoms with Crippen LogP contribution in [0.2, 0.25) is 0 Å². The van der Waals surface area contributed by atoms with Crippen molar-refractivity contribution in [1.82, 2.24) is 0 Å². The van der Waals surface area contributed by atoms with Crippen molar-refractivity contribution in [3.8, 4) is 0 Å². The smallest absolute Gasteiger partial charge is 0.0461 e. The quantitative estimate of drug-likeness (QED) is 0.143. The van der Waals surface area contributed by atoms with E-state index in [1.54, 1.807) is 0 Å². The normalized spacial score (nSPS) is 15.6. The molecule has 2 heteroatoms. The van der Waals surface area contributed by atoms with Crippen molar-refractivity contribution in [2.75, 3.05) is 9.80 Å². The van der Waals surface area contributed by atoms with E-state index in [0.29, 0.717) is 5.92 Å². The summed E-state index contributed by atoms with van der Waals surface area (Å²) in [6, 6.07) is 67.4. The summed E-state index contributed by atoms with van der Waals surface area (Å²) in [5.74, 6) is 0.334. The van der Waals surface area contributed by atoms with E-state index in [4.69, 9.17) is 0 Å². The van der Waals surface area contributed by atoms with Crippen LogP contribution in [0, 0.1) is 0 Å². The molecular weight excluding hydrogens is 797 g/mol. The summed E-state index contributed by atoms with van der Waals surface area (Å²) in [4.78, 5) is 4.85. The molecule has 1 aliphatic rings. The van der Waals surface area contributed by atoms with E-state index in [-0.39, 0.29) is 27.1 Å². The minimum atomic E-state index is -0.211. The van der Waals surface area contributed by atoms with Crippen LogP contribution in [0.1, 0.15) is 154 Å². The maximum Gasteiger partial charge on any atom is 0.0461 e. The van der Waals surface area contributed by atoms with Crippen molar-refractivity contribution in [2.24, 2.45) is 0 Å². The maximum atomic E-state index is 2.45. The fraction of sp³-hybridized carbons (Fsp3) is 0.344. The predicted molar refractivity (Wildman–Crippen MR) is 285 cm³/mol. The minimum absolute atomic E-state index is 0.0782. The van der Waals surface area contributed by atoms with Gasteiger partial charge in [0.1, 0.15) is 0 Å². The summed E-state index contributed by atoms with van der Waals surface area (Å²) in [7, 11) is 0. The number of nitrogens with zero attached hydrogens (tertiary/aromatic N) is 2. The van der Waals surface area contributed by atoms with E-state index in [9.17, 15) is 0 Å². The molecule has 0 heterocycles. The fourth-order valence-corrected chi connectivity index (χ4v) is 10.3. The third-order valence-corrected chi connectivity index (χ3v) is 14.4. The lowest BCUT2D eigenvalue weighted by Gasteiger charge is -2.46. The fourth-order valence-electron chi connectivity index (χ4n) is 10.3. The van der Waals surface area contributed by atoms with Crippen LogP contribution >= 0.6 is 0 Å². The predicted octanol–water partition coefficient (Wildman–Crippen LogP) is 18.5. The lowest BCUT2D eigenvalue weighted by Crippen LogP contribution is -2.38. The largest absolute Gasteiger partial charge is 0.311 e. The molecule has 7 aromatic carbocycles. The Morgan fingerprint density at radius 3 is 0.879 bits per heavy atom. The van der Waals surface area contributed by atoms with Crippen molar-refractivity contribution >= 4 is 34.1 Å². The zero-order chi connectivity index (χ0) is 47.1. The lowest BCUT2D eigenvalue weighted by atomic mass is 9.57. The number of benzene rings is 7.